The summed E-state index contributed by atoms with van der Waals surface area (Å²) in [6.07, 6.45) is 5.53. The first-order valence-electron chi connectivity index (χ1n) is 9.63. The summed E-state index contributed by atoms with van der Waals surface area (Å²) in [6, 6.07) is 19.2. The summed E-state index contributed by atoms with van der Waals surface area (Å²) in [6.45, 7) is 8.55. The predicted octanol–water partition coefficient (Wildman–Crippen LogP) is 5.96. The zero-order chi connectivity index (χ0) is 20.1. The molecule has 0 spiro atoms. The molecule has 1 aliphatic rings. The molecule has 0 aliphatic heterocycles. The molecule has 0 fully saturated rings. The second kappa shape index (κ2) is 8.39. The van der Waals surface area contributed by atoms with Crippen LogP contribution in [0, 0.1) is 5.41 Å². The van der Waals surface area contributed by atoms with Gasteiger partial charge >= 0.3 is 5.97 Å². The molecule has 0 bridgehead atoms. The number of hydrogen-bond donors (Lipinski definition) is 0. The second-order valence-corrected chi connectivity index (χ2v) is 8.04. The fourth-order valence-corrected chi connectivity index (χ4v) is 3.04. The zero-order valence-electron chi connectivity index (χ0n) is 16.9. The van der Waals surface area contributed by atoms with Gasteiger partial charge in [-0.1, -0.05) is 75.4 Å². The van der Waals surface area contributed by atoms with Crippen LogP contribution in [0.15, 0.2) is 89.5 Å². The van der Waals surface area contributed by atoms with Crippen LogP contribution in [-0.2, 0) is 4.74 Å². The van der Waals surface area contributed by atoms with E-state index in [1.54, 1.807) is 12.1 Å². The lowest BCUT2D eigenvalue weighted by molar-refractivity contribution is 0.0486. The van der Waals surface area contributed by atoms with Crippen LogP contribution in [0.25, 0.3) is 0 Å². The highest BCUT2D eigenvalue weighted by molar-refractivity contribution is 6.04. The summed E-state index contributed by atoms with van der Waals surface area (Å²) >= 11 is 0. The molecule has 1 aliphatic carbocycles. The number of aliphatic imine (C=N–C) groups is 1. The Morgan fingerprint density at radius 2 is 1.61 bits per heavy atom. The van der Waals surface area contributed by atoms with Crippen molar-refractivity contribution in [1.29, 1.82) is 0 Å². The standard InChI is InChI=1S/C25H27NO2/c1-18(19-11-7-5-8-12-19)26-22-17-21(25(2,3)4)15-16-23(22)28-24(27)20-13-9-6-10-14-20/h5-18,23H,1-4H3. The number of carbonyl (C=O) groups excluding carboxylic acids is 1. The Labute approximate surface area is 167 Å². The molecule has 0 aromatic heterocycles. The highest BCUT2D eigenvalue weighted by Crippen LogP contribution is 2.30. The van der Waals surface area contributed by atoms with E-state index < -0.39 is 6.10 Å². The number of nitrogens with zero attached hydrogens (tertiary/aromatic N) is 1. The van der Waals surface area contributed by atoms with Gasteiger partial charge in [0.15, 0.2) is 6.10 Å². The van der Waals surface area contributed by atoms with Gasteiger partial charge in [-0.3, -0.25) is 4.99 Å². The molecule has 2 aromatic carbocycles. The Bertz CT molecular complexity index is 903. The Balaban J connectivity index is 1.90. The SMILES string of the molecule is CC(N=C1C=C(C(C)(C)C)C=CC1OC(=O)c1ccccc1)c1ccccc1. The Kier molecular flexibility index (Phi) is 5.93. The van der Waals surface area contributed by atoms with Gasteiger partial charge in [-0.2, -0.15) is 0 Å². The van der Waals surface area contributed by atoms with Gasteiger partial charge in [-0.05, 0) is 47.8 Å². The van der Waals surface area contributed by atoms with Crippen LogP contribution in [0.4, 0.5) is 0 Å². The predicted molar refractivity (Wildman–Crippen MR) is 115 cm³/mol. The van der Waals surface area contributed by atoms with Crippen molar-refractivity contribution in [2.75, 3.05) is 0 Å². The molecule has 3 nitrogen and oxygen atoms in total. The highest BCUT2D eigenvalue weighted by atomic mass is 16.5. The highest BCUT2D eigenvalue weighted by Gasteiger charge is 2.26. The quantitative estimate of drug-likeness (QED) is 0.621. The van der Waals surface area contributed by atoms with Gasteiger partial charge in [0.05, 0.1) is 17.3 Å². The van der Waals surface area contributed by atoms with E-state index in [0.717, 1.165) is 11.3 Å². The molecule has 144 valence electrons. The van der Waals surface area contributed by atoms with Crippen molar-refractivity contribution >= 4 is 11.7 Å². The lowest BCUT2D eigenvalue weighted by atomic mass is 9.82. The molecule has 3 rings (SSSR count). The lowest BCUT2D eigenvalue weighted by Crippen LogP contribution is -2.28. The minimum absolute atomic E-state index is 0.0122. The second-order valence-electron chi connectivity index (χ2n) is 8.04. The molecule has 0 radical (unpaired) electrons. The van der Waals surface area contributed by atoms with E-state index in [9.17, 15) is 4.79 Å². The zero-order valence-corrected chi connectivity index (χ0v) is 16.9. The van der Waals surface area contributed by atoms with Gasteiger partial charge < -0.3 is 4.74 Å². The maximum atomic E-state index is 12.6. The molecule has 28 heavy (non-hydrogen) atoms. The molecular weight excluding hydrogens is 346 g/mol. The Morgan fingerprint density at radius 1 is 1.00 bits per heavy atom. The summed E-state index contributed by atoms with van der Waals surface area (Å²) in [4.78, 5) is 17.5. The molecule has 2 aromatic rings. The van der Waals surface area contributed by atoms with Gasteiger partial charge in [0, 0.05) is 0 Å². The minimum Gasteiger partial charge on any atom is -0.448 e. The number of benzene rings is 2. The van der Waals surface area contributed by atoms with Crippen LogP contribution in [0.5, 0.6) is 0 Å². The average Bonchev–Trinajstić information content (AvgIpc) is 2.69. The van der Waals surface area contributed by atoms with Crippen molar-refractivity contribution < 1.29 is 9.53 Å². The largest absolute Gasteiger partial charge is 0.448 e. The summed E-state index contributed by atoms with van der Waals surface area (Å²) in [7, 11) is 0. The van der Waals surface area contributed by atoms with E-state index in [2.05, 4.69) is 45.9 Å². The first kappa shape index (κ1) is 19.8. The van der Waals surface area contributed by atoms with Crippen molar-refractivity contribution in [3.8, 4) is 0 Å². The molecule has 2 atom stereocenters. The number of hydrogen-bond acceptors (Lipinski definition) is 3. The topological polar surface area (TPSA) is 38.7 Å². The number of esters is 1. The van der Waals surface area contributed by atoms with Gasteiger partial charge in [-0.25, -0.2) is 4.79 Å². The molecule has 0 amide bonds. The van der Waals surface area contributed by atoms with Crippen molar-refractivity contribution in [2.45, 2.75) is 39.8 Å². The Hall–Kier alpha value is -2.94. The maximum Gasteiger partial charge on any atom is 0.339 e. The number of allylic oxidation sites excluding steroid dienone is 2. The van der Waals surface area contributed by atoms with Gasteiger partial charge in [0.1, 0.15) is 0 Å². The minimum atomic E-state index is -0.495. The van der Waals surface area contributed by atoms with Crippen molar-refractivity contribution in [2.24, 2.45) is 10.4 Å². The van der Waals surface area contributed by atoms with E-state index in [0.29, 0.717) is 5.56 Å². The molecular formula is C25H27NO2. The molecule has 3 heteroatoms. The normalized spacial score (nSPS) is 19.2. The molecule has 0 heterocycles. The molecule has 0 N–H and O–H groups in total. The third-order valence-corrected chi connectivity index (χ3v) is 4.78. The van der Waals surface area contributed by atoms with Crippen LogP contribution in [0.1, 0.15) is 49.7 Å². The molecule has 2 unspecified atom stereocenters. The van der Waals surface area contributed by atoms with Crippen LogP contribution in [0.3, 0.4) is 0 Å². The van der Waals surface area contributed by atoms with Crippen LogP contribution < -0.4 is 0 Å². The first-order chi connectivity index (χ1) is 13.3. The lowest BCUT2D eigenvalue weighted by Gasteiger charge is -2.27. The molecule has 0 saturated heterocycles. The van der Waals surface area contributed by atoms with E-state index in [1.165, 1.54) is 5.57 Å². The van der Waals surface area contributed by atoms with Crippen LogP contribution in [-0.4, -0.2) is 17.8 Å². The summed E-state index contributed by atoms with van der Waals surface area (Å²) in [5, 5.41) is 0. The average molecular weight is 373 g/mol. The monoisotopic (exact) mass is 373 g/mol. The fourth-order valence-electron chi connectivity index (χ4n) is 3.04. The maximum absolute atomic E-state index is 12.6. The van der Waals surface area contributed by atoms with E-state index in [-0.39, 0.29) is 17.4 Å². The van der Waals surface area contributed by atoms with Gasteiger partial charge in [0.2, 0.25) is 0 Å². The fraction of sp³-hybridized carbons (Fsp3) is 0.280. The van der Waals surface area contributed by atoms with E-state index in [1.807, 2.05) is 48.6 Å². The third-order valence-electron chi connectivity index (χ3n) is 4.78. The van der Waals surface area contributed by atoms with Crippen LogP contribution >= 0.6 is 0 Å². The van der Waals surface area contributed by atoms with Crippen molar-refractivity contribution in [1.82, 2.24) is 0 Å². The van der Waals surface area contributed by atoms with E-state index >= 15 is 0 Å². The number of carbonyl (C=O) groups is 1. The summed E-state index contributed by atoms with van der Waals surface area (Å²) in [5.74, 6) is -0.345. The van der Waals surface area contributed by atoms with Crippen molar-refractivity contribution in [3.05, 3.63) is 95.6 Å². The molecule has 0 saturated carbocycles. The Morgan fingerprint density at radius 3 is 2.21 bits per heavy atom. The smallest absolute Gasteiger partial charge is 0.339 e. The van der Waals surface area contributed by atoms with Crippen molar-refractivity contribution in [3.63, 3.8) is 0 Å². The number of ether oxygens (including phenoxy) is 1. The summed E-state index contributed by atoms with van der Waals surface area (Å²) in [5.41, 5.74) is 3.59. The van der Waals surface area contributed by atoms with Gasteiger partial charge in [0.25, 0.3) is 0 Å². The van der Waals surface area contributed by atoms with Crippen LogP contribution in [0.2, 0.25) is 0 Å². The summed E-state index contributed by atoms with van der Waals surface area (Å²) < 4.78 is 5.79. The third kappa shape index (κ3) is 4.86. The van der Waals surface area contributed by atoms with Gasteiger partial charge in [-0.15, -0.1) is 0 Å². The first-order valence-corrected chi connectivity index (χ1v) is 9.63. The number of rotatable bonds is 4. The van der Waals surface area contributed by atoms with E-state index in [4.69, 9.17) is 9.73 Å².